The third kappa shape index (κ3) is 1.41. The zero-order valence-corrected chi connectivity index (χ0v) is 10.7. The monoisotopic (exact) mass is 235 g/mol. The molecule has 0 aliphatic carbocycles. The number of benzene rings is 1. The van der Waals surface area contributed by atoms with Gasteiger partial charge in [-0.05, 0) is 20.3 Å². The second kappa shape index (κ2) is 3.89. The van der Waals surface area contributed by atoms with Crippen LogP contribution in [0.25, 0.3) is 0 Å². The first-order valence-corrected chi connectivity index (χ1v) is 5.94. The molecular formula is C14H18ClN. The molecular weight excluding hydrogens is 218 g/mol. The molecule has 86 valence electrons. The Morgan fingerprint density at radius 2 is 1.88 bits per heavy atom. The van der Waals surface area contributed by atoms with E-state index in [-0.39, 0.29) is 17.8 Å². The topological polar surface area (TPSA) is 3.01 Å². The summed E-state index contributed by atoms with van der Waals surface area (Å²) in [6, 6.07) is 8.89. The Balaban J connectivity index is 0.000000963. The molecule has 0 N–H and O–H groups in total. The molecule has 2 aliphatic rings. The van der Waals surface area contributed by atoms with Crippen molar-refractivity contribution in [2.75, 3.05) is 6.54 Å². The first kappa shape index (κ1) is 11.7. The van der Waals surface area contributed by atoms with Gasteiger partial charge in [0.1, 0.15) is 6.54 Å². The second-order valence-electron chi connectivity index (χ2n) is 5.20. The number of halogens is 1. The van der Waals surface area contributed by atoms with E-state index in [9.17, 15) is 0 Å². The van der Waals surface area contributed by atoms with Crippen LogP contribution in [0.5, 0.6) is 0 Å². The molecule has 0 radical (unpaired) electrons. The van der Waals surface area contributed by atoms with Gasteiger partial charge in [0.05, 0.1) is 5.41 Å². The van der Waals surface area contributed by atoms with Crippen molar-refractivity contribution in [3.05, 3.63) is 29.8 Å². The molecule has 0 atom stereocenters. The summed E-state index contributed by atoms with van der Waals surface area (Å²) in [6.45, 7) is 5.95. The first-order chi connectivity index (χ1) is 7.21. The molecule has 16 heavy (non-hydrogen) atoms. The van der Waals surface area contributed by atoms with E-state index in [1.54, 1.807) is 5.71 Å². The van der Waals surface area contributed by atoms with E-state index < -0.39 is 0 Å². The van der Waals surface area contributed by atoms with Crippen molar-refractivity contribution in [1.82, 2.24) is 0 Å². The minimum absolute atomic E-state index is 0. The summed E-state index contributed by atoms with van der Waals surface area (Å²) in [7, 11) is 0. The predicted octanol–water partition coefficient (Wildman–Crippen LogP) is 0.251. The smallest absolute Gasteiger partial charge is 0.209 e. The molecule has 1 nitrogen and oxygen atoms in total. The largest absolute Gasteiger partial charge is 1.00 e. The summed E-state index contributed by atoms with van der Waals surface area (Å²) in [5.74, 6) is 0. The van der Waals surface area contributed by atoms with Gasteiger partial charge in [-0.2, -0.15) is 4.58 Å². The van der Waals surface area contributed by atoms with Gasteiger partial charge in [-0.1, -0.05) is 18.2 Å². The summed E-state index contributed by atoms with van der Waals surface area (Å²) in [4.78, 5) is 0. The van der Waals surface area contributed by atoms with Crippen molar-refractivity contribution < 1.29 is 17.0 Å². The summed E-state index contributed by atoms with van der Waals surface area (Å²) >= 11 is 0. The number of para-hydroxylation sites is 1. The van der Waals surface area contributed by atoms with Gasteiger partial charge in [-0.3, -0.25) is 0 Å². The average molecular weight is 236 g/mol. The van der Waals surface area contributed by atoms with Gasteiger partial charge in [0, 0.05) is 24.5 Å². The highest BCUT2D eigenvalue weighted by Gasteiger charge is 2.45. The highest BCUT2D eigenvalue weighted by atomic mass is 35.5. The van der Waals surface area contributed by atoms with Gasteiger partial charge in [-0.15, -0.1) is 0 Å². The van der Waals surface area contributed by atoms with Gasteiger partial charge in [0.15, 0.2) is 5.71 Å². The summed E-state index contributed by atoms with van der Waals surface area (Å²) in [5, 5.41) is 0. The lowest BCUT2D eigenvalue weighted by Gasteiger charge is -2.19. The Bertz CT molecular complexity index is 446. The summed E-state index contributed by atoms with van der Waals surface area (Å²) < 4.78 is 2.55. The fourth-order valence-electron chi connectivity index (χ4n) is 3.14. The lowest BCUT2D eigenvalue weighted by atomic mass is 9.79. The molecule has 2 heteroatoms. The highest BCUT2D eigenvalue weighted by Crippen LogP contribution is 2.41. The third-order valence-electron chi connectivity index (χ3n) is 3.96. The molecule has 1 aromatic rings. The van der Waals surface area contributed by atoms with E-state index in [1.807, 2.05) is 0 Å². The normalized spacial score (nSPS) is 21.1. The SMILES string of the molecule is CC1(C)C2=[N+](CCCC2)c2ccccc21.[Cl-]. The van der Waals surface area contributed by atoms with E-state index in [0.29, 0.717) is 0 Å². The molecule has 2 aliphatic heterocycles. The quantitative estimate of drug-likeness (QED) is 0.568. The minimum Gasteiger partial charge on any atom is -1.00 e. The van der Waals surface area contributed by atoms with E-state index in [2.05, 4.69) is 42.7 Å². The van der Waals surface area contributed by atoms with Crippen LogP contribution in [0.4, 0.5) is 5.69 Å². The van der Waals surface area contributed by atoms with Crippen molar-refractivity contribution in [2.24, 2.45) is 0 Å². The predicted molar refractivity (Wildman–Crippen MR) is 63.1 cm³/mol. The van der Waals surface area contributed by atoms with Crippen LogP contribution in [0.3, 0.4) is 0 Å². The van der Waals surface area contributed by atoms with E-state index >= 15 is 0 Å². The van der Waals surface area contributed by atoms with Gasteiger partial charge < -0.3 is 12.4 Å². The Morgan fingerprint density at radius 1 is 1.12 bits per heavy atom. The maximum absolute atomic E-state index is 2.55. The van der Waals surface area contributed by atoms with Crippen molar-refractivity contribution >= 4 is 11.4 Å². The fourth-order valence-corrected chi connectivity index (χ4v) is 3.14. The summed E-state index contributed by atoms with van der Waals surface area (Å²) in [5.41, 5.74) is 4.87. The highest BCUT2D eigenvalue weighted by molar-refractivity contribution is 5.95. The van der Waals surface area contributed by atoms with Crippen LogP contribution in [0.2, 0.25) is 0 Å². The van der Waals surface area contributed by atoms with Gasteiger partial charge in [0.2, 0.25) is 5.69 Å². The van der Waals surface area contributed by atoms with Crippen LogP contribution in [0.15, 0.2) is 24.3 Å². The van der Waals surface area contributed by atoms with Crippen LogP contribution >= 0.6 is 0 Å². The van der Waals surface area contributed by atoms with Crippen LogP contribution in [0.1, 0.15) is 38.7 Å². The molecule has 2 heterocycles. The molecule has 0 unspecified atom stereocenters. The second-order valence-corrected chi connectivity index (χ2v) is 5.20. The molecule has 3 rings (SSSR count). The molecule has 0 saturated heterocycles. The van der Waals surface area contributed by atoms with Crippen LogP contribution in [0, 0.1) is 0 Å². The number of nitrogens with zero attached hydrogens (tertiary/aromatic N) is 1. The number of hydrogen-bond donors (Lipinski definition) is 0. The lowest BCUT2D eigenvalue weighted by Crippen LogP contribution is -3.00. The van der Waals surface area contributed by atoms with Crippen LogP contribution < -0.4 is 12.4 Å². The fraction of sp³-hybridized carbons (Fsp3) is 0.500. The molecule has 1 aromatic carbocycles. The number of fused-ring (bicyclic) bond motifs is 2. The Morgan fingerprint density at radius 3 is 2.69 bits per heavy atom. The molecule has 0 bridgehead atoms. The molecule has 0 amide bonds. The number of hydrogen-bond acceptors (Lipinski definition) is 0. The van der Waals surface area contributed by atoms with E-state index in [4.69, 9.17) is 0 Å². The Hall–Kier alpha value is -0.820. The number of rotatable bonds is 0. The molecule has 0 fully saturated rings. The maximum Gasteiger partial charge on any atom is 0.209 e. The van der Waals surface area contributed by atoms with Crippen molar-refractivity contribution in [3.8, 4) is 0 Å². The van der Waals surface area contributed by atoms with Crippen molar-refractivity contribution in [1.29, 1.82) is 0 Å². The van der Waals surface area contributed by atoms with Gasteiger partial charge >= 0.3 is 0 Å². The third-order valence-corrected chi connectivity index (χ3v) is 3.96. The zero-order valence-electron chi connectivity index (χ0n) is 9.96. The average Bonchev–Trinajstić information content (AvgIpc) is 2.51. The first-order valence-electron chi connectivity index (χ1n) is 5.94. The molecule has 0 saturated carbocycles. The molecule has 0 aromatic heterocycles. The maximum atomic E-state index is 2.55. The summed E-state index contributed by atoms with van der Waals surface area (Å²) in [6.07, 6.45) is 3.98. The minimum atomic E-state index is 0. The van der Waals surface area contributed by atoms with Crippen molar-refractivity contribution in [3.63, 3.8) is 0 Å². The van der Waals surface area contributed by atoms with Gasteiger partial charge in [0.25, 0.3) is 0 Å². The van der Waals surface area contributed by atoms with E-state index in [0.717, 1.165) is 0 Å². The van der Waals surface area contributed by atoms with Crippen LogP contribution in [-0.2, 0) is 5.41 Å². The van der Waals surface area contributed by atoms with Crippen molar-refractivity contribution in [2.45, 2.75) is 38.5 Å². The lowest BCUT2D eigenvalue weighted by molar-refractivity contribution is -0.444. The van der Waals surface area contributed by atoms with Gasteiger partial charge in [-0.25, -0.2) is 0 Å². The van der Waals surface area contributed by atoms with Crippen LogP contribution in [-0.4, -0.2) is 16.8 Å². The van der Waals surface area contributed by atoms with E-state index in [1.165, 1.54) is 37.1 Å². The Labute approximate surface area is 104 Å². The zero-order chi connectivity index (χ0) is 10.5. The Kier molecular flexibility index (Phi) is 2.83. The molecule has 0 spiro atoms. The standard InChI is InChI=1S/C14H18N.ClH/c1-14(2)11-7-3-4-8-12(11)15-10-6-5-9-13(14)15;/h3-4,7-8H,5-6,9-10H2,1-2H3;1H/q+1;/p-1.